The summed E-state index contributed by atoms with van der Waals surface area (Å²) in [6, 6.07) is 10.2. The second-order valence-electron chi connectivity index (χ2n) is 6.71. The topological polar surface area (TPSA) is 18.5 Å². The van der Waals surface area contributed by atoms with Crippen molar-refractivity contribution in [3.8, 4) is 0 Å². The summed E-state index contributed by atoms with van der Waals surface area (Å²) in [5, 5.41) is 3.76. The summed E-state index contributed by atoms with van der Waals surface area (Å²) < 4.78 is 0. The molecule has 3 rings (SSSR count). The number of hydrogen-bond donors (Lipinski definition) is 1. The van der Waals surface area contributed by atoms with E-state index in [2.05, 4.69) is 60.3 Å². The van der Waals surface area contributed by atoms with E-state index in [1.54, 1.807) is 5.56 Å². The summed E-state index contributed by atoms with van der Waals surface area (Å²) >= 11 is 0. The van der Waals surface area contributed by atoms with Crippen LogP contribution in [0.25, 0.3) is 0 Å². The Labute approximate surface area is 129 Å². The van der Waals surface area contributed by atoms with Gasteiger partial charge in [0.05, 0.1) is 0 Å². The van der Waals surface area contributed by atoms with Crippen LogP contribution < -0.4 is 5.32 Å². The molecule has 0 amide bonds. The van der Waals surface area contributed by atoms with Gasteiger partial charge in [0.2, 0.25) is 0 Å². The van der Waals surface area contributed by atoms with Gasteiger partial charge < -0.3 is 10.2 Å². The lowest BCUT2D eigenvalue weighted by molar-refractivity contribution is 0.0774. The molecule has 0 radical (unpaired) electrons. The Bertz CT molecular complexity index is 465. The third kappa shape index (κ3) is 3.01. The van der Waals surface area contributed by atoms with Crippen LogP contribution in [-0.2, 0) is 0 Å². The van der Waals surface area contributed by atoms with Gasteiger partial charge in [-0.05, 0) is 37.1 Å². The molecule has 1 aromatic rings. The van der Waals surface area contributed by atoms with Gasteiger partial charge >= 0.3 is 0 Å². The minimum atomic E-state index is 0.491. The van der Waals surface area contributed by atoms with Crippen LogP contribution in [0.2, 0.25) is 0 Å². The van der Waals surface area contributed by atoms with Gasteiger partial charge in [-0.3, -0.25) is 4.90 Å². The molecule has 3 nitrogen and oxygen atoms in total. The zero-order valence-electron chi connectivity index (χ0n) is 13.7. The van der Waals surface area contributed by atoms with Gasteiger partial charge in [-0.25, -0.2) is 0 Å². The molecule has 3 heteroatoms. The molecule has 1 aromatic carbocycles. The Morgan fingerprint density at radius 1 is 1.10 bits per heavy atom. The summed E-state index contributed by atoms with van der Waals surface area (Å²) in [5.74, 6) is 0.667. The maximum Gasteiger partial charge on any atom is 0.0481 e. The van der Waals surface area contributed by atoms with E-state index in [0.29, 0.717) is 18.0 Å². The highest BCUT2D eigenvalue weighted by molar-refractivity contribution is 5.36. The highest BCUT2D eigenvalue weighted by Crippen LogP contribution is 2.39. The van der Waals surface area contributed by atoms with E-state index in [1.165, 1.54) is 38.2 Å². The molecule has 0 aromatic heterocycles. The molecule has 0 saturated carbocycles. The largest absolute Gasteiger partial charge is 0.309 e. The van der Waals surface area contributed by atoms with Crippen molar-refractivity contribution in [1.29, 1.82) is 0 Å². The van der Waals surface area contributed by atoms with Gasteiger partial charge in [0.1, 0.15) is 0 Å². The number of nitrogens with zero attached hydrogens (tertiary/aromatic N) is 2. The van der Waals surface area contributed by atoms with E-state index < -0.39 is 0 Å². The SMILES string of the molecule is CCNC1c2ccccc2C(C)CC1N1CCN(C)CC1. The fraction of sp³-hybridized carbons (Fsp3) is 0.667. The van der Waals surface area contributed by atoms with Crippen LogP contribution in [0.5, 0.6) is 0 Å². The maximum absolute atomic E-state index is 3.76. The van der Waals surface area contributed by atoms with Crippen LogP contribution in [0.3, 0.4) is 0 Å². The van der Waals surface area contributed by atoms with Crippen LogP contribution in [0.4, 0.5) is 0 Å². The van der Waals surface area contributed by atoms with Gasteiger partial charge in [-0.15, -0.1) is 0 Å². The van der Waals surface area contributed by atoms with E-state index in [-0.39, 0.29) is 0 Å². The van der Waals surface area contributed by atoms with Gasteiger partial charge in [0.25, 0.3) is 0 Å². The number of nitrogens with one attached hydrogen (secondary N) is 1. The van der Waals surface area contributed by atoms with Crippen LogP contribution in [0.1, 0.15) is 43.4 Å². The van der Waals surface area contributed by atoms with Crippen LogP contribution >= 0.6 is 0 Å². The molecule has 116 valence electrons. The molecule has 3 unspecified atom stereocenters. The smallest absolute Gasteiger partial charge is 0.0481 e. The van der Waals surface area contributed by atoms with Crippen molar-refractivity contribution in [2.24, 2.45) is 0 Å². The van der Waals surface area contributed by atoms with Gasteiger partial charge in [-0.2, -0.15) is 0 Å². The van der Waals surface area contributed by atoms with Crippen LogP contribution in [0.15, 0.2) is 24.3 Å². The van der Waals surface area contributed by atoms with Crippen molar-refractivity contribution < 1.29 is 0 Å². The van der Waals surface area contributed by atoms with E-state index in [0.717, 1.165) is 6.54 Å². The fourth-order valence-electron chi connectivity index (χ4n) is 4.05. The molecule has 1 aliphatic carbocycles. The Hall–Kier alpha value is -0.900. The van der Waals surface area contributed by atoms with E-state index in [1.807, 2.05) is 0 Å². The second kappa shape index (κ2) is 6.47. The summed E-state index contributed by atoms with van der Waals surface area (Å²) in [6.45, 7) is 10.5. The first kappa shape index (κ1) is 15.0. The molecular formula is C18H29N3. The fourth-order valence-corrected chi connectivity index (χ4v) is 4.05. The lowest BCUT2D eigenvalue weighted by atomic mass is 9.77. The third-order valence-electron chi connectivity index (χ3n) is 5.27. The zero-order valence-corrected chi connectivity index (χ0v) is 13.7. The first-order chi connectivity index (χ1) is 10.2. The number of hydrogen-bond acceptors (Lipinski definition) is 3. The number of fused-ring (bicyclic) bond motifs is 1. The van der Waals surface area contributed by atoms with Crippen molar-refractivity contribution in [3.05, 3.63) is 35.4 Å². The summed E-state index contributed by atoms with van der Waals surface area (Å²) in [5.41, 5.74) is 3.08. The maximum atomic E-state index is 3.76. The quantitative estimate of drug-likeness (QED) is 0.921. The first-order valence-electron chi connectivity index (χ1n) is 8.45. The van der Waals surface area contributed by atoms with Gasteiger partial charge in [0.15, 0.2) is 0 Å². The van der Waals surface area contributed by atoms with Crippen molar-refractivity contribution in [2.75, 3.05) is 39.8 Å². The lowest BCUT2D eigenvalue weighted by Crippen LogP contribution is -2.54. The Balaban J connectivity index is 1.86. The minimum absolute atomic E-state index is 0.491. The Morgan fingerprint density at radius 3 is 2.43 bits per heavy atom. The summed E-state index contributed by atoms with van der Waals surface area (Å²) in [7, 11) is 2.23. The normalized spacial score (nSPS) is 31.1. The average molecular weight is 287 g/mol. The Kier molecular flexibility index (Phi) is 4.63. The molecule has 3 atom stereocenters. The monoisotopic (exact) mass is 287 g/mol. The van der Waals surface area contributed by atoms with Crippen LogP contribution in [-0.4, -0.2) is 55.6 Å². The highest BCUT2D eigenvalue weighted by atomic mass is 15.3. The van der Waals surface area contributed by atoms with E-state index in [4.69, 9.17) is 0 Å². The van der Waals surface area contributed by atoms with Crippen molar-refractivity contribution in [1.82, 2.24) is 15.1 Å². The predicted molar refractivity (Wildman–Crippen MR) is 88.7 cm³/mol. The molecule has 1 heterocycles. The summed E-state index contributed by atoms with van der Waals surface area (Å²) in [6.07, 6.45) is 1.28. The molecule has 1 fully saturated rings. The van der Waals surface area contributed by atoms with Crippen molar-refractivity contribution >= 4 is 0 Å². The number of likely N-dealkylation sites (N-methyl/N-ethyl adjacent to an activating group) is 2. The molecule has 0 bridgehead atoms. The van der Waals surface area contributed by atoms with Crippen molar-refractivity contribution in [3.63, 3.8) is 0 Å². The zero-order chi connectivity index (χ0) is 14.8. The standard InChI is InChI=1S/C18H29N3/c1-4-19-18-16-8-6-5-7-15(16)14(2)13-17(18)21-11-9-20(3)10-12-21/h5-8,14,17-19H,4,9-13H2,1-3H3. The highest BCUT2D eigenvalue weighted by Gasteiger charge is 2.36. The van der Waals surface area contributed by atoms with E-state index >= 15 is 0 Å². The number of benzene rings is 1. The molecule has 0 spiro atoms. The van der Waals surface area contributed by atoms with Crippen LogP contribution in [0, 0.1) is 0 Å². The molecule has 21 heavy (non-hydrogen) atoms. The van der Waals surface area contributed by atoms with E-state index in [9.17, 15) is 0 Å². The minimum Gasteiger partial charge on any atom is -0.309 e. The molecular weight excluding hydrogens is 258 g/mol. The first-order valence-corrected chi connectivity index (χ1v) is 8.45. The van der Waals surface area contributed by atoms with Gasteiger partial charge in [-0.1, -0.05) is 38.1 Å². The average Bonchev–Trinajstić information content (AvgIpc) is 2.51. The predicted octanol–water partition coefficient (Wildman–Crippen LogP) is 2.46. The second-order valence-corrected chi connectivity index (χ2v) is 6.71. The van der Waals surface area contributed by atoms with Crippen molar-refractivity contribution in [2.45, 2.75) is 38.3 Å². The third-order valence-corrected chi connectivity index (χ3v) is 5.27. The molecule has 2 aliphatic rings. The Morgan fingerprint density at radius 2 is 1.76 bits per heavy atom. The lowest BCUT2D eigenvalue weighted by Gasteiger charge is -2.46. The number of rotatable bonds is 3. The number of piperazine rings is 1. The molecule has 1 N–H and O–H groups in total. The molecule has 1 aliphatic heterocycles. The van der Waals surface area contributed by atoms with Gasteiger partial charge in [0, 0.05) is 38.3 Å². The summed E-state index contributed by atoms with van der Waals surface area (Å²) in [4.78, 5) is 5.17. The molecule has 1 saturated heterocycles.